The molecule has 0 atom stereocenters. The van der Waals surface area contributed by atoms with Crippen molar-refractivity contribution in [3.05, 3.63) is 34.4 Å². The molecule has 1 aromatic carbocycles. The first-order valence-corrected chi connectivity index (χ1v) is 7.58. The fraction of sp³-hybridized carbons (Fsp3) is 0.647. The molecule has 0 aliphatic heterocycles. The van der Waals surface area contributed by atoms with Gasteiger partial charge in [0, 0.05) is 19.6 Å². The Balaban J connectivity index is 2.39. The minimum absolute atomic E-state index is 0.983. The number of nitrogens with zero attached hydrogens (tertiary/aromatic N) is 1. The van der Waals surface area contributed by atoms with Crippen molar-refractivity contribution in [2.24, 2.45) is 0 Å². The third-order valence-corrected chi connectivity index (χ3v) is 3.86. The number of hydrogen-bond acceptors (Lipinski definition) is 2. The Hall–Kier alpha value is -0.860. The fourth-order valence-electron chi connectivity index (χ4n) is 2.42. The average Bonchev–Trinajstić information content (AvgIpc) is 2.38. The number of nitrogens with one attached hydrogen (secondary N) is 1. The number of benzene rings is 1. The van der Waals surface area contributed by atoms with Crippen molar-refractivity contribution in [2.75, 3.05) is 26.2 Å². The third-order valence-electron chi connectivity index (χ3n) is 3.86. The second-order valence-electron chi connectivity index (χ2n) is 5.47. The van der Waals surface area contributed by atoms with Crippen LogP contribution in [0, 0.1) is 20.8 Å². The van der Waals surface area contributed by atoms with Crippen molar-refractivity contribution >= 4 is 0 Å². The summed E-state index contributed by atoms with van der Waals surface area (Å²) in [6.45, 7) is 16.6. The molecule has 1 aromatic rings. The van der Waals surface area contributed by atoms with Gasteiger partial charge in [0.05, 0.1) is 0 Å². The smallest absolute Gasteiger partial charge is 0.0208 e. The first kappa shape index (κ1) is 16.2. The van der Waals surface area contributed by atoms with Crippen LogP contribution in [-0.2, 0) is 6.54 Å². The van der Waals surface area contributed by atoms with Gasteiger partial charge in [0.15, 0.2) is 0 Å². The minimum atomic E-state index is 0.983. The number of rotatable bonds is 8. The predicted molar refractivity (Wildman–Crippen MR) is 84.8 cm³/mol. The van der Waals surface area contributed by atoms with E-state index in [-0.39, 0.29) is 0 Å². The van der Waals surface area contributed by atoms with Gasteiger partial charge in [-0.1, -0.05) is 26.0 Å². The maximum Gasteiger partial charge on any atom is 0.0208 e. The predicted octanol–water partition coefficient (Wildman–Crippen LogP) is 3.43. The Morgan fingerprint density at radius 3 is 2.26 bits per heavy atom. The third kappa shape index (κ3) is 5.33. The van der Waals surface area contributed by atoms with Crippen LogP contribution < -0.4 is 5.32 Å². The summed E-state index contributed by atoms with van der Waals surface area (Å²) >= 11 is 0. The van der Waals surface area contributed by atoms with E-state index in [1.165, 1.54) is 35.2 Å². The van der Waals surface area contributed by atoms with Gasteiger partial charge in [-0.2, -0.15) is 0 Å². The molecule has 108 valence electrons. The van der Waals surface area contributed by atoms with E-state index < -0.39 is 0 Å². The molecule has 0 aliphatic carbocycles. The Labute approximate surface area is 119 Å². The van der Waals surface area contributed by atoms with Crippen molar-refractivity contribution in [3.8, 4) is 0 Å². The topological polar surface area (TPSA) is 15.3 Å². The van der Waals surface area contributed by atoms with Gasteiger partial charge < -0.3 is 10.2 Å². The van der Waals surface area contributed by atoms with Gasteiger partial charge in [-0.25, -0.2) is 0 Å². The van der Waals surface area contributed by atoms with Gasteiger partial charge in [0.25, 0.3) is 0 Å². The van der Waals surface area contributed by atoms with E-state index in [1.807, 2.05) is 0 Å². The van der Waals surface area contributed by atoms with E-state index in [2.05, 4.69) is 57.0 Å². The molecular formula is C17H30N2. The molecule has 19 heavy (non-hydrogen) atoms. The highest BCUT2D eigenvalue weighted by molar-refractivity contribution is 5.36. The summed E-state index contributed by atoms with van der Waals surface area (Å²) in [5, 5.41) is 3.57. The normalized spacial score (nSPS) is 11.3. The molecule has 0 saturated carbocycles. The fourth-order valence-corrected chi connectivity index (χ4v) is 2.42. The van der Waals surface area contributed by atoms with E-state index in [0.717, 1.165) is 26.2 Å². The zero-order valence-electron chi connectivity index (χ0n) is 13.3. The Kier molecular flexibility index (Phi) is 7.11. The monoisotopic (exact) mass is 262 g/mol. The highest BCUT2D eigenvalue weighted by Gasteiger charge is 2.03. The van der Waals surface area contributed by atoms with E-state index in [0.29, 0.717) is 0 Å². The van der Waals surface area contributed by atoms with Gasteiger partial charge in [-0.05, 0) is 62.5 Å². The summed E-state index contributed by atoms with van der Waals surface area (Å²) in [6, 6.07) is 4.61. The molecule has 0 unspecified atom stereocenters. The second-order valence-corrected chi connectivity index (χ2v) is 5.47. The molecule has 0 bridgehead atoms. The molecule has 1 N–H and O–H groups in total. The van der Waals surface area contributed by atoms with Crippen LogP contribution in [0.3, 0.4) is 0 Å². The molecule has 0 aliphatic rings. The van der Waals surface area contributed by atoms with Crippen molar-refractivity contribution in [3.63, 3.8) is 0 Å². The summed E-state index contributed by atoms with van der Waals surface area (Å²) in [7, 11) is 0. The maximum atomic E-state index is 3.57. The summed E-state index contributed by atoms with van der Waals surface area (Å²) < 4.78 is 0. The number of hydrogen-bond donors (Lipinski definition) is 1. The zero-order chi connectivity index (χ0) is 14.3. The largest absolute Gasteiger partial charge is 0.311 e. The van der Waals surface area contributed by atoms with Crippen LogP contribution in [0.5, 0.6) is 0 Å². The molecule has 0 fully saturated rings. The molecule has 2 heteroatoms. The van der Waals surface area contributed by atoms with E-state index >= 15 is 0 Å². The lowest BCUT2D eigenvalue weighted by molar-refractivity contribution is 0.287. The van der Waals surface area contributed by atoms with Crippen molar-refractivity contribution in [1.29, 1.82) is 0 Å². The maximum absolute atomic E-state index is 3.57. The van der Waals surface area contributed by atoms with E-state index in [4.69, 9.17) is 0 Å². The number of aryl methyl sites for hydroxylation is 3. The van der Waals surface area contributed by atoms with Crippen LogP contribution in [0.15, 0.2) is 12.1 Å². The van der Waals surface area contributed by atoms with E-state index in [9.17, 15) is 0 Å². The second kappa shape index (κ2) is 8.34. The Morgan fingerprint density at radius 2 is 1.63 bits per heavy atom. The average molecular weight is 262 g/mol. The lowest BCUT2D eigenvalue weighted by atomic mass is 10.0. The van der Waals surface area contributed by atoms with E-state index in [1.54, 1.807) is 0 Å². The SMILES string of the molecule is CCCN(CC)CCNCc1cc(C)c(C)cc1C. The van der Waals surface area contributed by atoms with Gasteiger partial charge in [-0.3, -0.25) is 0 Å². The highest BCUT2D eigenvalue weighted by atomic mass is 15.1. The molecular weight excluding hydrogens is 232 g/mol. The first-order valence-electron chi connectivity index (χ1n) is 7.58. The van der Waals surface area contributed by atoms with Gasteiger partial charge in [-0.15, -0.1) is 0 Å². The van der Waals surface area contributed by atoms with Crippen LogP contribution in [0.1, 0.15) is 42.5 Å². The lowest BCUT2D eigenvalue weighted by Crippen LogP contribution is -2.32. The summed E-state index contributed by atoms with van der Waals surface area (Å²) in [5.74, 6) is 0. The van der Waals surface area contributed by atoms with Crippen molar-refractivity contribution in [2.45, 2.75) is 47.6 Å². The highest BCUT2D eigenvalue weighted by Crippen LogP contribution is 2.14. The zero-order valence-corrected chi connectivity index (χ0v) is 13.3. The van der Waals surface area contributed by atoms with Crippen LogP contribution in [0.25, 0.3) is 0 Å². The van der Waals surface area contributed by atoms with Gasteiger partial charge in [0.1, 0.15) is 0 Å². The molecule has 2 nitrogen and oxygen atoms in total. The van der Waals surface area contributed by atoms with Crippen LogP contribution in [0.2, 0.25) is 0 Å². The summed E-state index contributed by atoms with van der Waals surface area (Å²) in [4.78, 5) is 2.50. The first-order chi connectivity index (χ1) is 9.08. The molecule has 0 saturated heterocycles. The standard InChI is InChI=1S/C17H30N2/c1-6-9-19(7-2)10-8-18-13-17-12-15(4)14(3)11-16(17)5/h11-12,18H,6-10,13H2,1-5H3. The molecule has 0 radical (unpaired) electrons. The van der Waals surface area contributed by atoms with Crippen molar-refractivity contribution in [1.82, 2.24) is 10.2 Å². The van der Waals surface area contributed by atoms with Crippen LogP contribution in [-0.4, -0.2) is 31.1 Å². The molecule has 0 amide bonds. The molecule has 0 aromatic heterocycles. The minimum Gasteiger partial charge on any atom is -0.311 e. The summed E-state index contributed by atoms with van der Waals surface area (Å²) in [5.41, 5.74) is 5.61. The number of likely N-dealkylation sites (N-methyl/N-ethyl adjacent to an activating group) is 1. The Morgan fingerprint density at radius 1 is 0.947 bits per heavy atom. The van der Waals surface area contributed by atoms with Crippen LogP contribution >= 0.6 is 0 Å². The van der Waals surface area contributed by atoms with Crippen molar-refractivity contribution < 1.29 is 0 Å². The molecule has 0 spiro atoms. The summed E-state index contributed by atoms with van der Waals surface area (Å²) in [6.07, 6.45) is 1.24. The van der Waals surface area contributed by atoms with Crippen LogP contribution in [0.4, 0.5) is 0 Å². The lowest BCUT2D eigenvalue weighted by Gasteiger charge is -2.20. The van der Waals surface area contributed by atoms with Gasteiger partial charge in [0.2, 0.25) is 0 Å². The Bertz CT molecular complexity index is 385. The molecule has 1 rings (SSSR count). The molecule has 0 heterocycles. The van der Waals surface area contributed by atoms with Gasteiger partial charge >= 0.3 is 0 Å². The quantitative estimate of drug-likeness (QED) is 0.722.